The number of nitrogens with one attached hydrogen (secondary N) is 1. The van der Waals surface area contributed by atoms with Crippen LogP contribution in [0.3, 0.4) is 0 Å². The largest absolute Gasteiger partial charge is 0.497 e. The lowest BCUT2D eigenvalue weighted by atomic mass is 10.3. The number of hydrogen-bond donors (Lipinski definition) is 2. The Morgan fingerprint density at radius 3 is 2.87 bits per heavy atom. The van der Waals surface area contributed by atoms with Crippen molar-refractivity contribution in [3.8, 4) is 5.75 Å². The van der Waals surface area contributed by atoms with Gasteiger partial charge in [-0.3, -0.25) is 0 Å². The van der Waals surface area contributed by atoms with Crippen molar-refractivity contribution in [2.45, 2.75) is 6.10 Å². The van der Waals surface area contributed by atoms with E-state index >= 15 is 0 Å². The molecule has 0 aromatic heterocycles. The fourth-order valence-electron chi connectivity index (χ4n) is 1.05. The Morgan fingerprint density at radius 1 is 1.60 bits per heavy atom. The Hall–Kier alpha value is -0.450. The predicted molar refractivity (Wildman–Crippen MR) is 65.9 cm³/mol. The highest BCUT2D eigenvalue weighted by molar-refractivity contribution is 9.10. The number of halogens is 2. The first kappa shape index (κ1) is 12.6. The first-order valence-electron chi connectivity index (χ1n) is 4.48. The number of methoxy groups -OCH3 is 1. The highest BCUT2D eigenvalue weighted by Crippen LogP contribution is 2.26. The lowest BCUT2D eigenvalue weighted by Crippen LogP contribution is -2.20. The molecule has 3 nitrogen and oxygen atoms in total. The second-order valence-electron chi connectivity index (χ2n) is 3.03. The molecule has 1 aromatic rings. The van der Waals surface area contributed by atoms with Gasteiger partial charge in [0.05, 0.1) is 19.1 Å². The van der Waals surface area contributed by atoms with E-state index in [1.807, 2.05) is 18.2 Å². The van der Waals surface area contributed by atoms with Gasteiger partial charge in [-0.25, -0.2) is 0 Å². The molecule has 0 saturated heterocycles. The van der Waals surface area contributed by atoms with Crippen LogP contribution < -0.4 is 10.1 Å². The monoisotopic (exact) mass is 293 g/mol. The minimum atomic E-state index is -0.541. The van der Waals surface area contributed by atoms with Gasteiger partial charge in [-0.1, -0.05) is 0 Å². The van der Waals surface area contributed by atoms with Gasteiger partial charge in [0, 0.05) is 16.7 Å². The van der Waals surface area contributed by atoms with Gasteiger partial charge in [-0.05, 0) is 34.1 Å². The van der Waals surface area contributed by atoms with Crippen LogP contribution in [-0.2, 0) is 0 Å². The molecule has 1 aromatic carbocycles. The number of aliphatic hydroxyl groups excluding tert-OH is 1. The number of hydrogen-bond acceptors (Lipinski definition) is 3. The molecule has 0 spiro atoms. The normalized spacial score (nSPS) is 12.3. The molecule has 84 valence electrons. The third-order valence-electron chi connectivity index (χ3n) is 1.88. The van der Waals surface area contributed by atoms with Crippen molar-refractivity contribution in [2.75, 3.05) is 24.9 Å². The molecule has 0 aliphatic heterocycles. The van der Waals surface area contributed by atoms with E-state index < -0.39 is 6.10 Å². The van der Waals surface area contributed by atoms with Crippen molar-refractivity contribution in [1.29, 1.82) is 0 Å². The van der Waals surface area contributed by atoms with Crippen LogP contribution in [0.2, 0.25) is 0 Å². The van der Waals surface area contributed by atoms with Crippen LogP contribution in [0, 0.1) is 0 Å². The summed E-state index contributed by atoms with van der Waals surface area (Å²) in [7, 11) is 1.62. The SMILES string of the molecule is COc1ccc(NCC(O)CCl)c(Br)c1. The van der Waals surface area contributed by atoms with Crippen molar-refractivity contribution in [3.05, 3.63) is 22.7 Å². The van der Waals surface area contributed by atoms with Crippen LogP contribution in [0.4, 0.5) is 5.69 Å². The number of anilines is 1. The molecular weight excluding hydrogens is 281 g/mol. The molecule has 1 rings (SSSR count). The van der Waals surface area contributed by atoms with Gasteiger partial charge in [0.2, 0.25) is 0 Å². The molecule has 0 radical (unpaired) electrons. The fraction of sp³-hybridized carbons (Fsp3) is 0.400. The van der Waals surface area contributed by atoms with Crippen LogP contribution >= 0.6 is 27.5 Å². The minimum Gasteiger partial charge on any atom is -0.497 e. The molecule has 0 bridgehead atoms. The van der Waals surface area contributed by atoms with E-state index in [0.29, 0.717) is 6.54 Å². The zero-order chi connectivity index (χ0) is 11.3. The van der Waals surface area contributed by atoms with Crippen molar-refractivity contribution in [1.82, 2.24) is 0 Å². The number of benzene rings is 1. The molecule has 0 heterocycles. The molecule has 0 fully saturated rings. The number of ether oxygens (including phenoxy) is 1. The summed E-state index contributed by atoms with van der Waals surface area (Å²) < 4.78 is 5.96. The van der Waals surface area contributed by atoms with Gasteiger partial charge in [-0.15, -0.1) is 11.6 Å². The maximum atomic E-state index is 9.28. The van der Waals surface area contributed by atoms with Gasteiger partial charge in [0.25, 0.3) is 0 Å². The Morgan fingerprint density at radius 2 is 2.33 bits per heavy atom. The van der Waals surface area contributed by atoms with Gasteiger partial charge in [-0.2, -0.15) is 0 Å². The van der Waals surface area contributed by atoms with Crippen LogP contribution in [0.1, 0.15) is 0 Å². The summed E-state index contributed by atoms with van der Waals surface area (Å²) >= 11 is 8.89. The average Bonchev–Trinajstić information content (AvgIpc) is 2.26. The van der Waals surface area contributed by atoms with E-state index in [1.54, 1.807) is 7.11 Å². The third kappa shape index (κ3) is 3.89. The van der Waals surface area contributed by atoms with Crippen molar-refractivity contribution in [3.63, 3.8) is 0 Å². The predicted octanol–water partition coefficient (Wildman–Crippen LogP) is 2.47. The van der Waals surface area contributed by atoms with Gasteiger partial charge in [0.15, 0.2) is 0 Å². The lowest BCUT2D eigenvalue weighted by molar-refractivity contribution is 0.211. The van der Waals surface area contributed by atoms with Crippen LogP contribution in [0.25, 0.3) is 0 Å². The summed E-state index contributed by atoms with van der Waals surface area (Å²) in [5, 5.41) is 12.4. The Labute approximate surface area is 103 Å². The number of aliphatic hydroxyl groups is 1. The molecule has 1 unspecified atom stereocenters. The summed E-state index contributed by atoms with van der Waals surface area (Å²) in [5.41, 5.74) is 0.903. The number of rotatable bonds is 5. The quantitative estimate of drug-likeness (QED) is 0.820. The standard InChI is InChI=1S/C10H13BrClNO2/c1-15-8-2-3-10(9(11)4-8)13-6-7(14)5-12/h2-4,7,13-14H,5-6H2,1H3. The van der Waals surface area contributed by atoms with Crippen molar-refractivity contribution >= 4 is 33.2 Å². The maximum absolute atomic E-state index is 9.28. The van der Waals surface area contributed by atoms with Crippen molar-refractivity contribution in [2.24, 2.45) is 0 Å². The molecule has 0 aliphatic rings. The summed E-state index contributed by atoms with van der Waals surface area (Å²) in [6, 6.07) is 5.58. The Balaban J connectivity index is 2.62. The van der Waals surface area contributed by atoms with Gasteiger partial charge < -0.3 is 15.2 Å². The van der Waals surface area contributed by atoms with E-state index in [2.05, 4.69) is 21.2 Å². The Bertz CT molecular complexity index is 322. The van der Waals surface area contributed by atoms with Gasteiger partial charge in [0.1, 0.15) is 5.75 Å². The highest BCUT2D eigenvalue weighted by atomic mass is 79.9. The topological polar surface area (TPSA) is 41.5 Å². The van der Waals surface area contributed by atoms with Crippen molar-refractivity contribution < 1.29 is 9.84 Å². The minimum absolute atomic E-state index is 0.223. The molecule has 0 amide bonds. The molecule has 0 aliphatic carbocycles. The van der Waals surface area contributed by atoms with E-state index in [1.165, 1.54) is 0 Å². The zero-order valence-corrected chi connectivity index (χ0v) is 10.7. The molecule has 0 saturated carbocycles. The third-order valence-corrected chi connectivity index (χ3v) is 2.89. The summed E-state index contributed by atoms with van der Waals surface area (Å²) in [6.07, 6.45) is -0.541. The smallest absolute Gasteiger partial charge is 0.120 e. The van der Waals surface area contributed by atoms with E-state index in [0.717, 1.165) is 15.9 Å². The Kier molecular flexibility index (Phi) is 5.22. The first-order chi connectivity index (χ1) is 7.17. The lowest BCUT2D eigenvalue weighted by Gasteiger charge is -2.12. The molecule has 2 N–H and O–H groups in total. The zero-order valence-electron chi connectivity index (χ0n) is 8.34. The fourth-order valence-corrected chi connectivity index (χ4v) is 1.66. The second-order valence-corrected chi connectivity index (χ2v) is 4.20. The van der Waals surface area contributed by atoms with Crippen LogP contribution in [-0.4, -0.2) is 30.7 Å². The van der Waals surface area contributed by atoms with Crippen LogP contribution in [0.5, 0.6) is 5.75 Å². The molecule has 1 atom stereocenters. The van der Waals surface area contributed by atoms with E-state index in [9.17, 15) is 5.11 Å². The van der Waals surface area contributed by atoms with E-state index in [-0.39, 0.29) is 5.88 Å². The summed E-state index contributed by atoms with van der Waals surface area (Å²) in [6.45, 7) is 0.425. The molecule has 15 heavy (non-hydrogen) atoms. The van der Waals surface area contributed by atoms with Crippen LogP contribution in [0.15, 0.2) is 22.7 Å². The molecular formula is C10H13BrClNO2. The average molecular weight is 295 g/mol. The number of alkyl halides is 1. The maximum Gasteiger partial charge on any atom is 0.120 e. The second kappa shape index (κ2) is 6.20. The summed E-state index contributed by atoms with van der Waals surface area (Å²) in [5.74, 6) is 1.01. The summed E-state index contributed by atoms with van der Waals surface area (Å²) in [4.78, 5) is 0. The highest BCUT2D eigenvalue weighted by Gasteiger charge is 2.04. The van der Waals surface area contributed by atoms with E-state index in [4.69, 9.17) is 16.3 Å². The molecule has 5 heteroatoms. The first-order valence-corrected chi connectivity index (χ1v) is 5.81. The van der Waals surface area contributed by atoms with Gasteiger partial charge >= 0.3 is 0 Å².